The average Bonchev–Trinajstić information content (AvgIpc) is 3.24. The van der Waals surface area contributed by atoms with E-state index in [1.165, 1.54) is 23.9 Å². The number of anilines is 1. The first-order valence-electron chi connectivity index (χ1n) is 9.27. The van der Waals surface area contributed by atoms with Crippen LogP contribution in [0.1, 0.15) is 18.7 Å². The van der Waals surface area contributed by atoms with Crippen molar-refractivity contribution in [2.45, 2.75) is 37.5 Å². The molecule has 1 aliphatic heterocycles. The van der Waals surface area contributed by atoms with Crippen molar-refractivity contribution < 1.29 is 19.3 Å². The van der Waals surface area contributed by atoms with Gasteiger partial charge in [0.15, 0.2) is 23.2 Å². The third kappa shape index (κ3) is 3.87. The predicted molar refractivity (Wildman–Crippen MR) is 109 cm³/mol. The first kappa shape index (κ1) is 21.2. The lowest BCUT2D eigenvalue weighted by atomic mass is 9.94. The number of rotatable bonds is 6. The summed E-state index contributed by atoms with van der Waals surface area (Å²) in [6.45, 7) is 1.35. The maximum atomic E-state index is 13.9. The maximum Gasteiger partial charge on any atom is 0.226 e. The highest BCUT2D eigenvalue weighted by Crippen LogP contribution is 2.39. The van der Waals surface area contributed by atoms with E-state index in [-0.39, 0.29) is 35.7 Å². The summed E-state index contributed by atoms with van der Waals surface area (Å²) < 4.78 is 21.1. The number of imidazole rings is 1. The fourth-order valence-electron chi connectivity index (χ4n) is 3.44. The lowest BCUT2D eigenvalue weighted by Crippen LogP contribution is -2.45. The normalized spacial score (nSPS) is 25.5. The van der Waals surface area contributed by atoms with E-state index in [0.29, 0.717) is 11.1 Å². The summed E-state index contributed by atoms with van der Waals surface area (Å²) >= 11 is 6.08. The second-order valence-electron chi connectivity index (χ2n) is 7.21. The molecule has 0 amide bonds. The molecule has 4 atom stereocenters. The molecule has 1 aliphatic rings. The molecule has 2 aromatic heterocycles. The highest BCUT2D eigenvalue weighted by Gasteiger charge is 2.52. The first-order valence-corrected chi connectivity index (χ1v) is 9.64. The van der Waals surface area contributed by atoms with Crippen molar-refractivity contribution in [3.63, 3.8) is 0 Å². The van der Waals surface area contributed by atoms with Crippen LogP contribution in [0.4, 0.5) is 10.2 Å². The van der Waals surface area contributed by atoms with E-state index in [9.17, 15) is 14.6 Å². The molecule has 1 saturated heterocycles. The molecular weight excluding hydrogens is 431 g/mol. The Morgan fingerprint density at radius 1 is 1.42 bits per heavy atom. The fourth-order valence-corrected chi connectivity index (χ4v) is 3.60. The molecule has 0 radical (unpaired) electrons. The van der Waals surface area contributed by atoms with E-state index < -0.39 is 24.0 Å². The maximum absolute atomic E-state index is 13.9. The van der Waals surface area contributed by atoms with Gasteiger partial charge in [-0.2, -0.15) is 9.97 Å². The van der Waals surface area contributed by atoms with E-state index in [1.54, 1.807) is 18.2 Å². The lowest BCUT2D eigenvalue weighted by molar-refractivity contribution is -0.0600. The van der Waals surface area contributed by atoms with Crippen molar-refractivity contribution in [3.05, 3.63) is 57.7 Å². The largest absolute Gasteiger partial charge is 0.385 e. The van der Waals surface area contributed by atoms with Crippen LogP contribution >= 0.6 is 11.6 Å². The number of azide groups is 1. The second-order valence-corrected chi connectivity index (χ2v) is 7.55. The molecule has 0 aliphatic carbocycles. The molecule has 1 aromatic carbocycles. The molecule has 0 spiro atoms. The van der Waals surface area contributed by atoms with Crippen LogP contribution in [0, 0.1) is 5.82 Å². The molecule has 162 valence electrons. The van der Waals surface area contributed by atoms with E-state index in [0.717, 1.165) is 0 Å². The first-order chi connectivity index (χ1) is 14.8. The van der Waals surface area contributed by atoms with Crippen LogP contribution in [0.15, 0.2) is 35.7 Å². The number of fused-ring (bicyclic) bond motifs is 1. The van der Waals surface area contributed by atoms with Crippen molar-refractivity contribution in [2.75, 3.05) is 11.9 Å². The Labute approximate surface area is 180 Å². The van der Waals surface area contributed by atoms with Gasteiger partial charge in [-0.15, -0.1) is 0 Å². The zero-order valence-electron chi connectivity index (χ0n) is 16.2. The topological polar surface area (TPSA) is 154 Å². The highest BCUT2D eigenvalue weighted by atomic mass is 35.5. The van der Waals surface area contributed by atoms with Gasteiger partial charge in [0.1, 0.15) is 17.5 Å². The van der Waals surface area contributed by atoms with Crippen molar-refractivity contribution in [1.29, 1.82) is 0 Å². The standard InChI is InChI=1S/C18H18ClFN8O3/c1-18(30)11(7-24-27-21)31-16(13(18)29)28-8-23-12-14(25-17(19)26-15(12)28)22-6-9-4-2-3-5-10(9)20/h2-5,8,11,13,16,29-30H,6-7H2,1H3,(H,22,25,26)/t11-,13+,16-,18+/m1/s1. The smallest absolute Gasteiger partial charge is 0.226 e. The zero-order chi connectivity index (χ0) is 22.2. The van der Waals surface area contributed by atoms with Gasteiger partial charge in [-0.05, 0) is 30.1 Å². The van der Waals surface area contributed by atoms with Gasteiger partial charge in [-0.25, -0.2) is 9.37 Å². The number of nitrogens with zero attached hydrogens (tertiary/aromatic N) is 7. The van der Waals surface area contributed by atoms with Gasteiger partial charge in [0.25, 0.3) is 0 Å². The van der Waals surface area contributed by atoms with Gasteiger partial charge in [-0.3, -0.25) is 4.57 Å². The summed E-state index contributed by atoms with van der Waals surface area (Å²) in [6, 6.07) is 6.30. The third-order valence-corrected chi connectivity index (χ3v) is 5.38. The molecule has 4 rings (SSSR count). The van der Waals surface area contributed by atoms with Gasteiger partial charge in [0.2, 0.25) is 5.28 Å². The number of hydrogen-bond donors (Lipinski definition) is 3. The van der Waals surface area contributed by atoms with Gasteiger partial charge in [-0.1, -0.05) is 23.3 Å². The van der Waals surface area contributed by atoms with Gasteiger partial charge in [0.05, 0.1) is 19.0 Å². The summed E-state index contributed by atoms with van der Waals surface area (Å²) in [4.78, 5) is 15.2. The van der Waals surface area contributed by atoms with Gasteiger partial charge in [0, 0.05) is 17.0 Å². The Morgan fingerprint density at radius 2 is 2.19 bits per heavy atom. The van der Waals surface area contributed by atoms with Gasteiger partial charge >= 0.3 is 0 Å². The van der Waals surface area contributed by atoms with Crippen molar-refractivity contribution in [1.82, 2.24) is 19.5 Å². The minimum atomic E-state index is -1.68. The van der Waals surface area contributed by atoms with E-state index in [2.05, 4.69) is 30.3 Å². The zero-order valence-corrected chi connectivity index (χ0v) is 17.0. The summed E-state index contributed by atoms with van der Waals surface area (Å²) in [6.07, 6.45) is -2.02. The van der Waals surface area contributed by atoms with E-state index >= 15 is 0 Å². The van der Waals surface area contributed by atoms with Crippen LogP contribution < -0.4 is 5.32 Å². The van der Waals surface area contributed by atoms with Crippen LogP contribution in [-0.4, -0.2) is 54.1 Å². The fraction of sp³-hybridized carbons (Fsp3) is 0.389. The SMILES string of the molecule is C[C@]1(O)[C@@H](CN=[N+]=[N-])O[C@@H](n2cnc3c(NCc4ccccc4F)nc(Cl)nc32)[C@@H]1O. The Hall–Kier alpha value is -3.02. The van der Waals surface area contributed by atoms with Crippen LogP contribution in [0.25, 0.3) is 21.6 Å². The number of benzene rings is 1. The number of nitrogens with one attached hydrogen (secondary N) is 1. The Morgan fingerprint density at radius 3 is 2.94 bits per heavy atom. The minimum Gasteiger partial charge on any atom is -0.385 e. The van der Waals surface area contributed by atoms with Crippen molar-refractivity contribution in [2.24, 2.45) is 5.11 Å². The molecule has 3 aromatic rings. The molecule has 13 heteroatoms. The molecule has 3 heterocycles. The Kier molecular flexibility index (Phi) is 5.65. The van der Waals surface area contributed by atoms with Crippen LogP contribution in [-0.2, 0) is 11.3 Å². The molecule has 31 heavy (non-hydrogen) atoms. The minimum absolute atomic E-state index is 0.102. The predicted octanol–water partition coefficient (Wildman–Crippen LogP) is 2.55. The Bertz CT molecular complexity index is 1170. The quantitative estimate of drug-likeness (QED) is 0.226. The Balaban J connectivity index is 1.66. The van der Waals surface area contributed by atoms with E-state index in [1.807, 2.05) is 0 Å². The van der Waals surface area contributed by atoms with Crippen LogP contribution in [0.3, 0.4) is 0 Å². The molecule has 0 saturated carbocycles. The number of halogens is 2. The summed E-state index contributed by atoms with van der Waals surface area (Å²) in [5.74, 6) is -0.102. The highest BCUT2D eigenvalue weighted by molar-refractivity contribution is 6.28. The average molecular weight is 449 g/mol. The van der Waals surface area contributed by atoms with E-state index in [4.69, 9.17) is 21.9 Å². The molecule has 11 nitrogen and oxygen atoms in total. The molecule has 0 bridgehead atoms. The molecule has 0 unspecified atom stereocenters. The number of ether oxygens (including phenoxy) is 1. The number of aliphatic hydroxyl groups is 2. The molecular formula is C18H18ClFN8O3. The van der Waals surface area contributed by atoms with Crippen LogP contribution in [0.2, 0.25) is 5.28 Å². The van der Waals surface area contributed by atoms with Crippen molar-refractivity contribution >= 4 is 28.6 Å². The summed E-state index contributed by atoms with van der Waals surface area (Å²) in [7, 11) is 0. The second kappa shape index (κ2) is 8.25. The summed E-state index contributed by atoms with van der Waals surface area (Å²) in [5.41, 5.74) is 7.84. The molecule has 3 N–H and O–H groups in total. The van der Waals surface area contributed by atoms with Gasteiger partial charge < -0.3 is 20.3 Å². The lowest BCUT2D eigenvalue weighted by Gasteiger charge is -2.25. The number of aromatic nitrogens is 4. The monoisotopic (exact) mass is 448 g/mol. The number of aliphatic hydroxyl groups excluding tert-OH is 1. The number of hydrogen-bond acceptors (Lipinski definition) is 8. The summed E-state index contributed by atoms with van der Waals surface area (Å²) in [5, 5.41) is 27.6. The van der Waals surface area contributed by atoms with Crippen molar-refractivity contribution in [3.8, 4) is 0 Å². The molecule has 1 fully saturated rings. The van der Waals surface area contributed by atoms with Crippen LogP contribution in [0.5, 0.6) is 0 Å². The third-order valence-electron chi connectivity index (χ3n) is 5.21.